The van der Waals surface area contributed by atoms with Gasteiger partial charge in [-0.2, -0.15) is 0 Å². The summed E-state index contributed by atoms with van der Waals surface area (Å²) in [5.74, 6) is 0.706. The average Bonchev–Trinajstić information content (AvgIpc) is 2.39. The van der Waals surface area contributed by atoms with Crippen molar-refractivity contribution in [3.05, 3.63) is 37.1 Å². The molecule has 104 valence electrons. The van der Waals surface area contributed by atoms with Gasteiger partial charge in [0.1, 0.15) is 5.76 Å². The van der Waals surface area contributed by atoms with Crippen LogP contribution in [0.4, 0.5) is 0 Å². The second kappa shape index (κ2) is 12.4. The van der Waals surface area contributed by atoms with E-state index in [1.807, 2.05) is 19.2 Å². The number of nitrogens with zero attached hydrogens (tertiary/aromatic N) is 1. The van der Waals surface area contributed by atoms with E-state index in [4.69, 9.17) is 4.74 Å². The van der Waals surface area contributed by atoms with Gasteiger partial charge in [0, 0.05) is 13.1 Å². The molecule has 0 amide bonds. The fourth-order valence-electron chi connectivity index (χ4n) is 1.56. The van der Waals surface area contributed by atoms with Crippen LogP contribution < -0.4 is 5.32 Å². The van der Waals surface area contributed by atoms with Crippen molar-refractivity contribution in [1.82, 2.24) is 10.2 Å². The average molecular weight is 252 g/mol. The van der Waals surface area contributed by atoms with E-state index in [1.54, 1.807) is 6.08 Å². The summed E-state index contributed by atoms with van der Waals surface area (Å²) in [6.07, 6.45) is 7.61. The van der Waals surface area contributed by atoms with Crippen molar-refractivity contribution < 1.29 is 4.74 Å². The smallest absolute Gasteiger partial charge is 0.112 e. The molecule has 0 aromatic rings. The molecule has 0 saturated carbocycles. The first-order chi connectivity index (χ1) is 8.74. The highest BCUT2D eigenvalue weighted by Crippen LogP contribution is 2.00. The van der Waals surface area contributed by atoms with Gasteiger partial charge >= 0.3 is 0 Å². The van der Waals surface area contributed by atoms with Crippen LogP contribution in [0.2, 0.25) is 0 Å². The minimum atomic E-state index is 0.706. The van der Waals surface area contributed by atoms with Crippen LogP contribution in [0.25, 0.3) is 0 Å². The third-order valence-electron chi connectivity index (χ3n) is 2.70. The van der Waals surface area contributed by atoms with Gasteiger partial charge in [-0.15, -0.1) is 0 Å². The zero-order valence-corrected chi connectivity index (χ0v) is 12.0. The number of allylic oxidation sites excluding steroid dienone is 3. The minimum Gasteiger partial charge on any atom is -0.494 e. The molecule has 0 radical (unpaired) electrons. The van der Waals surface area contributed by atoms with E-state index < -0.39 is 0 Å². The van der Waals surface area contributed by atoms with E-state index in [2.05, 4.69) is 30.3 Å². The van der Waals surface area contributed by atoms with E-state index in [9.17, 15) is 0 Å². The van der Waals surface area contributed by atoms with Gasteiger partial charge in [0.25, 0.3) is 0 Å². The van der Waals surface area contributed by atoms with Crippen molar-refractivity contribution in [3.63, 3.8) is 0 Å². The van der Waals surface area contributed by atoms with Gasteiger partial charge in [-0.3, -0.25) is 0 Å². The largest absolute Gasteiger partial charge is 0.494 e. The first-order valence-electron chi connectivity index (χ1n) is 6.72. The lowest BCUT2D eigenvalue weighted by molar-refractivity contribution is 0.207. The van der Waals surface area contributed by atoms with Crippen molar-refractivity contribution in [1.29, 1.82) is 0 Å². The molecule has 3 heteroatoms. The predicted molar refractivity (Wildman–Crippen MR) is 79.7 cm³/mol. The number of ether oxygens (including phenoxy) is 1. The second-order valence-electron chi connectivity index (χ2n) is 4.15. The molecule has 0 saturated heterocycles. The lowest BCUT2D eigenvalue weighted by Gasteiger charge is -2.19. The summed E-state index contributed by atoms with van der Waals surface area (Å²) in [4.78, 5) is 2.45. The molecule has 0 heterocycles. The fraction of sp³-hybridized carbons (Fsp3) is 0.600. The maximum atomic E-state index is 5.48. The van der Waals surface area contributed by atoms with Crippen LogP contribution in [0.1, 0.15) is 19.8 Å². The molecule has 18 heavy (non-hydrogen) atoms. The summed E-state index contributed by atoms with van der Waals surface area (Å²) in [6, 6.07) is 0. The molecule has 0 atom stereocenters. The Morgan fingerprint density at radius 1 is 1.33 bits per heavy atom. The molecular formula is C15H28N2O. The Morgan fingerprint density at radius 3 is 2.72 bits per heavy atom. The Balaban J connectivity index is 3.50. The van der Waals surface area contributed by atoms with E-state index >= 15 is 0 Å². The summed E-state index contributed by atoms with van der Waals surface area (Å²) in [7, 11) is 1.99. The van der Waals surface area contributed by atoms with E-state index in [1.165, 1.54) is 0 Å². The van der Waals surface area contributed by atoms with E-state index in [0.717, 1.165) is 45.6 Å². The van der Waals surface area contributed by atoms with Crippen molar-refractivity contribution >= 4 is 0 Å². The lowest BCUT2D eigenvalue weighted by Crippen LogP contribution is -2.31. The van der Waals surface area contributed by atoms with Crippen LogP contribution in [0.5, 0.6) is 0 Å². The highest BCUT2D eigenvalue weighted by atomic mass is 16.5. The van der Waals surface area contributed by atoms with Crippen molar-refractivity contribution in [2.45, 2.75) is 19.8 Å². The van der Waals surface area contributed by atoms with Crippen LogP contribution >= 0.6 is 0 Å². The van der Waals surface area contributed by atoms with Crippen LogP contribution in [-0.4, -0.2) is 44.7 Å². The summed E-state index contributed by atoms with van der Waals surface area (Å²) in [6.45, 7) is 14.8. The second-order valence-corrected chi connectivity index (χ2v) is 4.15. The van der Waals surface area contributed by atoms with Crippen LogP contribution in [0.15, 0.2) is 37.1 Å². The molecule has 0 aromatic heterocycles. The molecule has 1 N–H and O–H groups in total. The first kappa shape index (κ1) is 16.9. The molecule has 0 aliphatic rings. The Kier molecular flexibility index (Phi) is 11.7. The molecule has 0 aliphatic carbocycles. The third kappa shape index (κ3) is 10.1. The SMILES string of the molecule is C=C/C=C\C(=C)OCCCCN(CC)CCNC. The van der Waals surface area contributed by atoms with Gasteiger partial charge < -0.3 is 15.0 Å². The maximum Gasteiger partial charge on any atom is 0.112 e. The monoisotopic (exact) mass is 252 g/mol. The highest BCUT2D eigenvalue weighted by Gasteiger charge is 2.00. The summed E-state index contributed by atoms with van der Waals surface area (Å²) >= 11 is 0. The number of unbranched alkanes of at least 4 members (excludes halogenated alkanes) is 1. The van der Waals surface area contributed by atoms with Gasteiger partial charge in [-0.05, 0) is 39.1 Å². The van der Waals surface area contributed by atoms with Crippen LogP contribution in [0.3, 0.4) is 0 Å². The molecule has 0 rings (SSSR count). The summed E-state index contributed by atoms with van der Waals surface area (Å²) in [5.41, 5.74) is 0. The molecule has 0 aliphatic heterocycles. The van der Waals surface area contributed by atoms with Crippen molar-refractivity contribution in [2.24, 2.45) is 0 Å². The number of hydrogen-bond donors (Lipinski definition) is 1. The molecule has 0 bridgehead atoms. The van der Waals surface area contributed by atoms with Gasteiger partial charge in [-0.25, -0.2) is 0 Å². The number of rotatable bonds is 12. The first-order valence-corrected chi connectivity index (χ1v) is 6.72. The Morgan fingerprint density at radius 2 is 2.11 bits per heavy atom. The number of nitrogens with one attached hydrogen (secondary N) is 1. The molecule has 0 unspecified atom stereocenters. The highest BCUT2D eigenvalue weighted by molar-refractivity contribution is 5.12. The standard InChI is InChI=1S/C15H28N2O/c1-5-7-10-15(3)18-14-9-8-12-17(6-2)13-11-16-4/h5,7,10,16H,1,3,6,8-9,11-14H2,2,4H3/b10-7-. The maximum absolute atomic E-state index is 5.48. The Labute approximate surface area is 112 Å². The quantitative estimate of drug-likeness (QED) is 0.328. The number of likely N-dealkylation sites (N-methyl/N-ethyl adjacent to an activating group) is 2. The van der Waals surface area contributed by atoms with Gasteiger partial charge in [0.05, 0.1) is 6.61 Å². The predicted octanol–water partition coefficient (Wildman–Crippen LogP) is 2.58. The normalized spacial score (nSPS) is 11.1. The van der Waals surface area contributed by atoms with Gasteiger partial charge in [-0.1, -0.05) is 32.2 Å². The summed E-state index contributed by atoms with van der Waals surface area (Å²) in [5, 5.41) is 3.17. The topological polar surface area (TPSA) is 24.5 Å². The molecule has 3 nitrogen and oxygen atoms in total. The molecule has 0 aromatic carbocycles. The molecule has 0 fully saturated rings. The zero-order chi connectivity index (χ0) is 13.6. The Bertz CT molecular complexity index is 249. The molecule has 0 spiro atoms. The Hall–Kier alpha value is -1.06. The number of hydrogen-bond acceptors (Lipinski definition) is 3. The summed E-state index contributed by atoms with van der Waals surface area (Å²) < 4.78 is 5.48. The minimum absolute atomic E-state index is 0.706. The van der Waals surface area contributed by atoms with Crippen molar-refractivity contribution in [2.75, 3.05) is 39.8 Å². The fourth-order valence-corrected chi connectivity index (χ4v) is 1.56. The van der Waals surface area contributed by atoms with Crippen molar-refractivity contribution in [3.8, 4) is 0 Å². The van der Waals surface area contributed by atoms with E-state index in [-0.39, 0.29) is 0 Å². The van der Waals surface area contributed by atoms with E-state index in [0.29, 0.717) is 5.76 Å². The lowest BCUT2D eigenvalue weighted by atomic mass is 10.3. The third-order valence-corrected chi connectivity index (χ3v) is 2.70. The van der Waals surface area contributed by atoms with Gasteiger partial charge in [0.15, 0.2) is 0 Å². The zero-order valence-electron chi connectivity index (χ0n) is 12.0. The van der Waals surface area contributed by atoms with Gasteiger partial charge in [0.2, 0.25) is 0 Å². The van der Waals surface area contributed by atoms with Crippen LogP contribution in [0, 0.1) is 0 Å². The van der Waals surface area contributed by atoms with Crippen LogP contribution in [-0.2, 0) is 4.74 Å². The molecular weight excluding hydrogens is 224 g/mol.